The van der Waals surface area contributed by atoms with Crippen LogP contribution in [-0.4, -0.2) is 65.1 Å². The maximum Gasteiger partial charge on any atom is 0.264 e. The molecule has 2 aromatic rings. The first kappa shape index (κ1) is 31.0. The Labute approximate surface area is 255 Å². The second-order valence-corrected chi connectivity index (χ2v) is 19.0. The fraction of sp³-hybridized carbons (Fsp3) is 0.452. The fourth-order valence-electron chi connectivity index (χ4n) is 5.30. The maximum absolute atomic E-state index is 13.8. The van der Waals surface area contributed by atoms with Gasteiger partial charge in [0.2, 0.25) is 5.96 Å². The number of methoxy groups -OCH3 is 1. The molecule has 43 heavy (non-hydrogen) atoms. The lowest BCUT2D eigenvalue weighted by molar-refractivity contribution is -0.134. The van der Waals surface area contributed by atoms with E-state index in [2.05, 4.69) is 48.9 Å². The Morgan fingerprint density at radius 1 is 1.09 bits per heavy atom. The number of amides is 1. The zero-order chi connectivity index (χ0) is 31.0. The average molecular weight is 624 g/mol. The molecule has 1 saturated heterocycles. The number of hydrogen-bond acceptors (Lipinski definition) is 7. The van der Waals surface area contributed by atoms with E-state index in [-0.39, 0.29) is 40.6 Å². The van der Waals surface area contributed by atoms with Crippen LogP contribution in [0.1, 0.15) is 45.6 Å². The minimum Gasteiger partial charge on any atom is -0.497 e. The molecule has 10 nitrogen and oxygen atoms in total. The van der Waals surface area contributed by atoms with Gasteiger partial charge in [0.05, 0.1) is 36.0 Å². The molecule has 3 aliphatic heterocycles. The minimum atomic E-state index is -4.03. The SMILES string of the molecule is COc1ccc(S(=O)(=O)NC(=NCc2ccccc2)/N=C2\C3=C(CCN3)C(=O)N3[C@H](O[Si](C)(C)C(C)(C)C)CC[C@@H]23)cc1. The molecule has 3 heterocycles. The monoisotopic (exact) mass is 623 g/mol. The molecule has 1 fully saturated rings. The molecule has 2 atom stereocenters. The lowest BCUT2D eigenvalue weighted by atomic mass is 9.97. The number of hydrogen-bond donors (Lipinski definition) is 2. The van der Waals surface area contributed by atoms with Gasteiger partial charge in [0.1, 0.15) is 12.0 Å². The summed E-state index contributed by atoms with van der Waals surface area (Å²) in [5.41, 5.74) is 2.85. The second-order valence-electron chi connectivity index (χ2n) is 12.6. The minimum absolute atomic E-state index is 0.0167. The Balaban J connectivity index is 1.53. The molecule has 2 aromatic carbocycles. The Morgan fingerprint density at radius 3 is 2.44 bits per heavy atom. The number of carbonyl (C=O) groups is 1. The van der Waals surface area contributed by atoms with Gasteiger partial charge < -0.3 is 19.4 Å². The number of sulfonamides is 1. The number of guanidine groups is 1. The standard InChI is InChI=1S/C31H41N5O5SSi/c1-31(2,3)43(5,6)41-26-17-16-25-28(27-24(18-19-32-27)29(37)36(25)26)34-30(33-20-21-10-8-7-9-11-21)35-42(38,39)23-14-12-22(40-4)13-15-23/h7-15,25-26,32H,16-20H2,1-6H3,(H,33,35)/b34-28-/t25-,26+/m0/s1. The van der Waals surface area contributed by atoms with Crippen LogP contribution in [0.2, 0.25) is 18.1 Å². The van der Waals surface area contributed by atoms with E-state index in [0.29, 0.717) is 48.5 Å². The maximum atomic E-state index is 13.8. The molecule has 0 aliphatic carbocycles. The number of carbonyl (C=O) groups excluding carboxylic acids is 1. The smallest absolute Gasteiger partial charge is 0.264 e. The summed E-state index contributed by atoms with van der Waals surface area (Å²) in [7, 11) is -4.68. The van der Waals surface area contributed by atoms with Crippen molar-refractivity contribution < 1.29 is 22.4 Å². The van der Waals surface area contributed by atoms with E-state index in [1.807, 2.05) is 35.2 Å². The zero-order valence-electron chi connectivity index (χ0n) is 25.7. The molecule has 0 spiro atoms. The quantitative estimate of drug-likeness (QED) is 0.265. The van der Waals surface area contributed by atoms with Gasteiger partial charge in [-0.15, -0.1) is 0 Å². The summed E-state index contributed by atoms with van der Waals surface area (Å²) in [5.74, 6) is 0.469. The molecule has 5 rings (SSSR count). The highest BCUT2D eigenvalue weighted by Crippen LogP contribution is 2.42. The highest BCUT2D eigenvalue weighted by atomic mass is 32.2. The summed E-state index contributed by atoms with van der Waals surface area (Å²) in [6.07, 6.45) is 1.53. The van der Waals surface area contributed by atoms with Crippen LogP contribution in [0.5, 0.6) is 5.75 Å². The van der Waals surface area contributed by atoms with Crippen LogP contribution in [0.15, 0.2) is 80.7 Å². The number of fused-ring (bicyclic) bond motifs is 1. The average Bonchev–Trinajstić information content (AvgIpc) is 3.62. The summed E-state index contributed by atoms with van der Waals surface area (Å²) in [6.45, 7) is 11.8. The lowest BCUT2D eigenvalue weighted by Gasteiger charge is -2.42. The second kappa shape index (κ2) is 11.9. The lowest BCUT2D eigenvalue weighted by Crippen LogP contribution is -2.55. The van der Waals surface area contributed by atoms with E-state index in [0.717, 1.165) is 5.56 Å². The van der Waals surface area contributed by atoms with Crippen molar-refractivity contribution in [3.05, 3.63) is 71.4 Å². The zero-order valence-corrected chi connectivity index (χ0v) is 27.5. The molecule has 0 saturated carbocycles. The topological polar surface area (TPSA) is 122 Å². The largest absolute Gasteiger partial charge is 0.497 e. The number of rotatable bonds is 7. The summed E-state index contributed by atoms with van der Waals surface area (Å²) >= 11 is 0. The van der Waals surface area contributed by atoms with E-state index in [1.165, 1.54) is 19.2 Å². The first-order chi connectivity index (χ1) is 20.3. The van der Waals surface area contributed by atoms with Crippen molar-refractivity contribution in [2.24, 2.45) is 9.98 Å². The van der Waals surface area contributed by atoms with E-state index in [4.69, 9.17) is 14.2 Å². The number of ether oxygens (including phenoxy) is 1. The molecule has 230 valence electrons. The third-order valence-electron chi connectivity index (χ3n) is 8.69. The number of benzene rings is 2. The van der Waals surface area contributed by atoms with Crippen LogP contribution < -0.4 is 14.8 Å². The summed E-state index contributed by atoms with van der Waals surface area (Å²) in [5, 5.41) is 3.33. The molecule has 0 aromatic heterocycles. The molecule has 1 amide bonds. The van der Waals surface area contributed by atoms with Crippen molar-refractivity contribution >= 4 is 35.9 Å². The van der Waals surface area contributed by atoms with Crippen molar-refractivity contribution in [2.45, 2.75) is 81.9 Å². The van der Waals surface area contributed by atoms with E-state index in [9.17, 15) is 13.2 Å². The molecular formula is C31H41N5O5SSi. The third kappa shape index (κ3) is 6.41. The Hall–Kier alpha value is -3.48. The van der Waals surface area contributed by atoms with Crippen molar-refractivity contribution in [2.75, 3.05) is 13.7 Å². The van der Waals surface area contributed by atoms with Gasteiger partial charge in [-0.3, -0.25) is 4.79 Å². The van der Waals surface area contributed by atoms with Crippen LogP contribution in [0.3, 0.4) is 0 Å². The molecule has 0 bridgehead atoms. The predicted molar refractivity (Wildman–Crippen MR) is 170 cm³/mol. The Bertz CT molecular complexity index is 1560. The van der Waals surface area contributed by atoms with E-state index >= 15 is 0 Å². The first-order valence-electron chi connectivity index (χ1n) is 14.6. The molecule has 2 N–H and O–H groups in total. The van der Waals surface area contributed by atoms with Gasteiger partial charge >= 0.3 is 0 Å². The first-order valence-corrected chi connectivity index (χ1v) is 19.0. The van der Waals surface area contributed by atoms with Crippen LogP contribution in [0, 0.1) is 0 Å². The molecule has 3 aliphatic rings. The predicted octanol–water partition coefficient (Wildman–Crippen LogP) is 4.57. The molecular weight excluding hydrogens is 583 g/mol. The van der Waals surface area contributed by atoms with Crippen LogP contribution in [0.25, 0.3) is 0 Å². The van der Waals surface area contributed by atoms with Crippen LogP contribution >= 0.6 is 0 Å². The molecule has 0 radical (unpaired) electrons. The van der Waals surface area contributed by atoms with Crippen molar-refractivity contribution in [3.8, 4) is 5.75 Å². The van der Waals surface area contributed by atoms with Gasteiger partial charge in [-0.2, -0.15) is 0 Å². The summed E-state index contributed by atoms with van der Waals surface area (Å²) < 4.78 is 41.6. The number of nitrogens with zero attached hydrogens (tertiary/aromatic N) is 3. The van der Waals surface area contributed by atoms with Crippen LogP contribution in [0.4, 0.5) is 0 Å². The normalized spacial score (nSPS) is 22.0. The van der Waals surface area contributed by atoms with Gasteiger partial charge in [-0.1, -0.05) is 51.1 Å². The molecule has 0 unspecified atom stereocenters. The Morgan fingerprint density at radius 2 is 1.79 bits per heavy atom. The Kier molecular flexibility index (Phi) is 8.56. The summed E-state index contributed by atoms with van der Waals surface area (Å²) in [6, 6.07) is 15.3. The highest BCUT2D eigenvalue weighted by molar-refractivity contribution is 7.90. The van der Waals surface area contributed by atoms with Crippen molar-refractivity contribution in [3.63, 3.8) is 0 Å². The van der Waals surface area contributed by atoms with Gasteiger partial charge in [-0.05, 0) is 67.2 Å². The van der Waals surface area contributed by atoms with Gasteiger partial charge in [0.25, 0.3) is 15.9 Å². The number of aliphatic imine (C=N–C) groups is 2. The highest BCUT2D eigenvalue weighted by Gasteiger charge is 2.50. The van der Waals surface area contributed by atoms with E-state index in [1.54, 1.807) is 12.1 Å². The van der Waals surface area contributed by atoms with E-state index < -0.39 is 18.3 Å². The van der Waals surface area contributed by atoms with Crippen molar-refractivity contribution in [1.82, 2.24) is 14.9 Å². The fourth-order valence-corrected chi connectivity index (χ4v) is 7.52. The summed E-state index contributed by atoms with van der Waals surface area (Å²) in [4.78, 5) is 25.2. The number of nitrogens with one attached hydrogen (secondary N) is 2. The van der Waals surface area contributed by atoms with Gasteiger partial charge in [0, 0.05) is 12.1 Å². The molecule has 12 heteroatoms. The van der Waals surface area contributed by atoms with Crippen LogP contribution in [-0.2, 0) is 25.8 Å². The van der Waals surface area contributed by atoms with Gasteiger partial charge in [0.15, 0.2) is 8.32 Å². The third-order valence-corrected chi connectivity index (χ3v) is 14.5. The van der Waals surface area contributed by atoms with Gasteiger partial charge in [-0.25, -0.2) is 23.1 Å². The van der Waals surface area contributed by atoms with Crippen molar-refractivity contribution in [1.29, 1.82) is 0 Å².